The Morgan fingerprint density at radius 2 is 2.12 bits per heavy atom. The van der Waals surface area contributed by atoms with Crippen LogP contribution in [0.2, 0.25) is 5.02 Å². The van der Waals surface area contributed by atoms with Crippen LogP contribution in [-0.2, 0) is 6.61 Å². The zero-order valence-corrected chi connectivity index (χ0v) is 11.4. The Morgan fingerprint density at radius 3 is 2.69 bits per heavy atom. The first-order valence-corrected chi connectivity index (χ1v) is 6.23. The topological polar surface area (TPSA) is 33.4 Å². The van der Waals surface area contributed by atoms with Crippen molar-refractivity contribution in [1.29, 1.82) is 0 Å². The highest BCUT2D eigenvalue weighted by Crippen LogP contribution is 2.36. The van der Waals surface area contributed by atoms with Crippen LogP contribution in [0, 0.1) is 0 Å². The molecule has 2 nitrogen and oxygen atoms in total. The summed E-state index contributed by atoms with van der Waals surface area (Å²) in [5.74, 6) is 1.06. The van der Waals surface area contributed by atoms with Gasteiger partial charge < -0.3 is 9.52 Å². The summed E-state index contributed by atoms with van der Waals surface area (Å²) in [7, 11) is 0. The highest BCUT2D eigenvalue weighted by atomic mass is 79.9. The molecule has 0 bridgehead atoms. The van der Waals surface area contributed by atoms with Crippen LogP contribution in [0.1, 0.15) is 31.1 Å². The van der Waals surface area contributed by atoms with Crippen molar-refractivity contribution >= 4 is 38.5 Å². The van der Waals surface area contributed by atoms with Crippen molar-refractivity contribution in [3.63, 3.8) is 0 Å². The van der Waals surface area contributed by atoms with Gasteiger partial charge in [0.05, 0.1) is 11.1 Å². The Balaban J connectivity index is 2.82. The molecule has 0 radical (unpaired) electrons. The quantitative estimate of drug-likeness (QED) is 0.888. The summed E-state index contributed by atoms with van der Waals surface area (Å²) in [6.07, 6.45) is 0. The largest absolute Gasteiger partial charge is 0.459 e. The molecule has 0 spiro atoms. The third-order valence-electron chi connectivity index (χ3n) is 2.53. The molecule has 0 aliphatic carbocycles. The van der Waals surface area contributed by atoms with Gasteiger partial charge in [-0.15, -0.1) is 0 Å². The third-order valence-corrected chi connectivity index (χ3v) is 3.33. The monoisotopic (exact) mass is 302 g/mol. The van der Waals surface area contributed by atoms with Crippen molar-refractivity contribution in [3.8, 4) is 0 Å². The molecule has 4 heteroatoms. The average Bonchev–Trinajstić information content (AvgIpc) is 2.56. The zero-order valence-electron chi connectivity index (χ0n) is 9.05. The van der Waals surface area contributed by atoms with Crippen LogP contribution in [0.5, 0.6) is 0 Å². The lowest BCUT2D eigenvalue weighted by Gasteiger charge is -2.02. The van der Waals surface area contributed by atoms with Crippen molar-refractivity contribution in [3.05, 3.63) is 33.0 Å². The third kappa shape index (κ3) is 1.88. The molecule has 1 N–H and O–H groups in total. The van der Waals surface area contributed by atoms with E-state index in [4.69, 9.17) is 16.0 Å². The van der Waals surface area contributed by atoms with Gasteiger partial charge in [-0.25, -0.2) is 0 Å². The Bertz CT molecular complexity index is 531. The lowest BCUT2D eigenvalue weighted by atomic mass is 10.0. The predicted molar refractivity (Wildman–Crippen MR) is 68.9 cm³/mol. The van der Waals surface area contributed by atoms with Crippen molar-refractivity contribution < 1.29 is 9.52 Å². The molecule has 1 heterocycles. The standard InChI is InChI=1S/C12H12BrClO2/c1-6(2)11-9(5-15)8-3-7(14)4-10(13)12(8)16-11/h3-4,6,15H,5H2,1-2H3. The van der Waals surface area contributed by atoms with E-state index in [0.717, 1.165) is 26.8 Å². The molecule has 0 fully saturated rings. The molecule has 0 aliphatic heterocycles. The van der Waals surface area contributed by atoms with Crippen LogP contribution in [-0.4, -0.2) is 5.11 Å². The molecule has 0 atom stereocenters. The maximum atomic E-state index is 9.42. The lowest BCUT2D eigenvalue weighted by molar-refractivity contribution is 0.278. The normalized spacial score (nSPS) is 11.6. The fourth-order valence-electron chi connectivity index (χ4n) is 1.82. The van der Waals surface area contributed by atoms with Crippen LogP contribution < -0.4 is 0 Å². The summed E-state index contributed by atoms with van der Waals surface area (Å²) in [5, 5.41) is 10.9. The molecule has 2 aromatic rings. The summed E-state index contributed by atoms with van der Waals surface area (Å²) in [4.78, 5) is 0. The number of rotatable bonds is 2. The first kappa shape index (κ1) is 12.0. The van der Waals surface area contributed by atoms with Gasteiger partial charge >= 0.3 is 0 Å². The van der Waals surface area contributed by atoms with E-state index in [-0.39, 0.29) is 12.5 Å². The maximum Gasteiger partial charge on any atom is 0.148 e. The van der Waals surface area contributed by atoms with Crippen LogP contribution in [0.4, 0.5) is 0 Å². The molecule has 0 saturated heterocycles. The van der Waals surface area contributed by atoms with E-state index in [9.17, 15) is 5.11 Å². The number of fused-ring (bicyclic) bond motifs is 1. The number of hydrogen-bond donors (Lipinski definition) is 1. The second-order valence-corrected chi connectivity index (χ2v) is 5.31. The number of furan rings is 1. The molecular weight excluding hydrogens is 291 g/mol. The van der Waals surface area contributed by atoms with Crippen LogP contribution in [0.3, 0.4) is 0 Å². The first-order chi connectivity index (χ1) is 7.54. The number of aliphatic hydroxyl groups excluding tert-OH is 1. The SMILES string of the molecule is CC(C)c1oc2c(Br)cc(Cl)cc2c1CO. The molecule has 1 aromatic carbocycles. The molecule has 2 rings (SSSR count). The van der Waals surface area contributed by atoms with Crippen molar-refractivity contribution in [2.24, 2.45) is 0 Å². The summed E-state index contributed by atoms with van der Waals surface area (Å²) in [5.41, 5.74) is 1.57. The summed E-state index contributed by atoms with van der Waals surface area (Å²) in [6, 6.07) is 3.61. The molecular formula is C12H12BrClO2. The Labute approximate surface area is 107 Å². The Hall–Kier alpha value is -0.510. The van der Waals surface area contributed by atoms with Gasteiger partial charge in [0.15, 0.2) is 0 Å². The second-order valence-electron chi connectivity index (χ2n) is 4.02. The van der Waals surface area contributed by atoms with Gasteiger partial charge in [0.1, 0.15) is 11.3 Å². The maximum absolute atomic E-state index is 9.42. The highest BCUT2D eigenvalue weighted by Gasteiger charge is 2.18. The first-order valence-electron chi connectivity index (χ1n) is 5.05. The summed E-state index contributed by atoms with van der Waals surface area (Å²) in [6.45, 7) is 4.03. The van der Waals surface area contributed by atoms with Crippen LogP contribution in [0.15, 0.2) is 21.0 Å². The molecule has 0 amide bonds. The van der Waals surface area contributed by atoms with E-state index in [1.54, 1.807) is 6.07 Å². The fourth-order valence-corrected chi connectivity index (χ4v) is 2.71. The van der Waals surface area contributed by atoms with Crippen molar-refractivity contribution in [2.45, 2.75) is 26.4 Å². The van der Waals surface area contributed by atoms with Gasteiger partial charge in [0.25, 0.3) is 0 Å². The minimum atomic E-state index is -0.0344. The molecule has 1 aromatic heterocycles. The van der Waals surface area contributed by atoms with Crippen LogP contribution in [0.25, 0.3) is 11.0 Å². The van der Waals surface area contributed by atoms with Crippen molar-refractivity contribution in [1.82, 2.24) is 0 Å². The van der Waals surface area contributed by atoms with Gasteiger partial charge in [-0.3, -0.25) is 0 Å². The Kier molecular flexibility index (Phi) is 3.29. The molecule has 16 heavy (non-hydrogen) atoms. The predicted octanol–water partition coefficient (Wildman–Crippen LogP) is 4.46. The molecule has 86 valence electrons. The molecule has 0 aliphatic rings. The summed E-state index contributed by atoms with van der Waals surface area (Å²) >= 11 is 9.40. The van der Waals surface area contributed by atoms with E-state index >= 15 is 0 Å². The van der Waals surface area contributed by atoms with E-state index in [2.05, 4.69) is 15.9 Å². The van der Waals surface area contributed by atoms with E-state index in [0.29, 0.717) is 5.02 Å². The fraction of sp³-hybridized carbons (Fsp3) is 0.333. The number of aliphatic hydroxyl groups is 1. The van der Waals surface area contributed by atoms with Gasteiger partial charge in [0, 0.05) is 21.9 Å². The number of hydrogen-bond acceptors (Lipinski definition) is 2. The van der Waals surface area contributed by atoms with E-state index < -0.39 is 0 Å². The number of halogens is 2. The lowest BCUT2D eigenvalue weighted by Crippen LogP contribution is -1.91. The van der Waals surface area contributed by atoms with Gasteiger partial charge in [-0.05, 0) is 28.1 Å². The van der Waals surface area contributed by atoms with Gasteiger partial charge in [-0.1, -0.05) is 25.4 Å². The van der Waals surface area contributed by atoms with Crippen molar-refractivity contribution in [2.75, 3.05) is 0 Å². The average molecular weight is 304 g/mol. The summed E-state index contributed by atoms with van der Waals surface area (Å²) < 4.78 is 6.59. The molecule has 0 unspecified atom stereocenters. The molecule has 0 saturated carbocycles. The van der Waals surface area contributed by atoms with Gasteiger partial charge in [-0.2, -0.15) is 0 Å². The highest BCUT2D eigenvalue weighted by molar-refractivity contribution is 9.10. The van der Waals surface area contributed by atoms with E-state index in [1.165, 1.54) is 0 Å². The minimum Gasteiger partial charge on any atom is -0.459 e. The van der Waals surface area contributed by atoms with Crippen LogP contribution >= 0.6 is 27.5 Å². The smallest absolute Gasteiger partial charge is 0.148 e. The Morgan fingerprint density at radius 1 is 1.44 bits per heavy atom. The minimum absolute atomic E-state index is 0.0344. The zero-order chi connectivity index (χ0) is 11.9. The van der Waals surface area contributed by atoms with Gasteiger partial charge in [0.2, 0.25) is 0 Å². The second kappa shape index (κ2) is 4.40. The van der Waals surface area contributed by atoms with E-state index in [1.807, 2.05) is 19.9 Å². The number of benzene rings is 1.